The van der Waals surface area contributed by atoms with Crippen molar-refractivity contribution < 1.29 is 18.0 Å². The molecular weight excluding hydrogens is 421 g/mol. The van der Waals surface area contributed by atoms with Gasteiger partial charge in [-0.2, -0.15) is 13.2 Å². The zero-order valence-corrected chi connectivity index (χ0v) is 18.0. The number of alkyl halides is 3. The molecule has 0 radical (unpaired) electrons. The first-order chi connectivity index (χ1) is 15.2. The molecule has 2 aromatic rings. The summed E-state index contributed by atoms with van der Waals surface area (Å²) in [5.74, 6) is 1.06. The van der Waals surface area contributed by atoms with E-state index in [1.165, 1.54) is 10.5 Å². The maximum Gasteiger partial charge on any atom is 0.409 e. The molecule has 2 saturated heterocycles. The van der Waals surface area contributed by atoms with E-state index in [-0.39, 0.29) is 12.1 Å². The van der Waals surface area contributed by atoms with Crippen LogP contribution in [-0.4, -0.2) is 65.2 Å². The highest BCUT2D eigenvalue weighted by Crippen LogP contribution is 2.18. The molecule has 2 fully saturated rings. The number of nitrogens with one attached hydrogen (secondary N) is 3. The maximum absolute atomic E-state index is 11.9. The van der Waals surface area contributed by atoms with Crippen molar-refractivity contribution in [1.29, 1.82) is 0 Å². The van der Waals surface area contributed by atoms with Crippen LogP contribution in [0.5, 0.6) is 0 Å². The van der Waals surface area contributed by atoms with Crippen LogP contribution in [-0.2, 0) is 4.79 Å². The summed E-state index contributed by atoms with van der Waals surface area (Å²) >= 11 is 0. The number of halogens is 3. The standard InChI is InChI=1S/C13H14F3N3O.C9H13N3/c1-9-3-5-17-11(6-9)18-10-7-19(8-10)12(20)2-4-13(14,15)16;1-7-2-3-11-9(4-7)12-8-5-10-6-8/h2-6,10H,7-8H2,1H3,(H,17,18);2-4,8,10H,5-6H2,1H3,(H,11,12)/b4-2+;. The highest BCUT2D eigenvalue weighted by Gasteiger charge is 2.31. The van der Waals surface area contributed by atoms with E-state index in [9.17, 15) is 18.0 Å². The first kappa shape index (κ1) is 23.5. The number of carbonyl (C=O) groups excluding carboxylic acids is 1. The lowest BCUT2D eigenvalue weighted by Gasteiger charge is -2.39. The monoisotopic (exact) mass is 448 g/mol. The van der Waals surface area contributed by atoms with Crippen LogP contribution in [0.25, 0.3) is 0 Å². The van der Waals surface area contributed by atoms with Crippen molar-refractivity contribution in [1.82, 2.24) is 20.2 Å². The molecular formula is C22H27F3N6O. The Balaban J connectivity index is 0.000000204. The van der Waals surface area contributed by atoms with E-state index in [4.69, 9.17) is 0 Å². The smallest absolute Gasteiger partial charge is 0.365 e. The molecule has 3 N–H and O–H groups in total. The van der Waals surface area contributed by atoms with Crippen molar-refractivity contribution in [3.05, 3.63) is 59.9 Å². The van der Waals surface area contributed by atoms with Crippen LogP contribution in [0, 0.1) is 13.8 Å². The molecule has 32 heavy (non-hydrogen) atoms. The molecule has 2 aromatic heterocycles. The quantitative estimate of drug-likeness (QED) is 0.611. The molecule has 0 atom stereocenters. The summed E-state index contributed by atoms with van der Waals surface area (Å²) in [6, 6.07) is 8.40. The van der Waals surface area contributed by atoms with Gasteiger partial charge in [-0.05, 0) is 49.2 Å². The first-order valence-electron chi connectivity index (χ1n) is 10.3. The average molecular weight is 448 g/mol. The van der Waals surface area contributed by atoms with E-state index in [1.807, 2.05) is 31.3 Å². The van der Waals surface area contributed by atoms with Crippen LogP contribution in [0.15, 0.2) is 48.8 Å². The third kappa shape index (κ3) is 7.52. The zero-order chi connectivity index (χ0) is 23.1. The highest BCUT2D eigenvalue weighted by atomic mass is 19.4. The van der Waals surface area contributed by atoms with Gasteiger partial charge in [0.25, 0.3) is 0 Å². The van der Waals surface area contributed by atoms with Gasteiger partial charge in [0, 0.05) is 50.7 Å². The number of amides is 1. The molecule has 4 heterocycles. The number of anilines is 2. The lowest BCUT2D eigenvalue weighted by atomic mass is 10.1. The molecule has 0 unspecified atom stereocenters. The van der Waals surface area contributed by atoms with E-state index in [0.717, 1.165) is 24.5 Å². The molecule has 0 aromatic carbocycles. The normalized spacial score (nSPS) is 16.6. The van der Waals surface area contributed by atoms with Crippen LogP contribution in [0.4, 0.5) is 24.8 Å². The number of hydrogen-bond donors (Lipinski definition) is 3. The second-order valence-corrected chi connectivity index (χ2v) is 7.90. The van der Waals surface area contributed by atoms with Crippen molar-refractivity contribution in [2.45, 2.75) is 32.1 Å². The molecule has 172 valence electrons. The van der Waals surface area contributed by atoms with Gasteiger partial charge in [0.2, 0.25) is 5.91 Å². The minimum Gasteiger partial charge on any atom is -0.365 e. The fraction of sp³-hybridized carbons (Fsp3) is 0.409. The number of aromatic nitrogens is 2. The third-order valence-electron chi connectivity index (χ3n) is 4.92. The average Bonchev–Trinajstić information content (AvgIpc) is 2.66. The Bertz CT molecular complexity index is 939. The second-order valence-electron chi connectivity index (χ2n) is 7.90. The van der Waals surface area contributed by atoms with Crippen molar-refractivity contribution in [3.8, 4) is 0 Å². The Labute approximate surface area is 185 Å². The molecule has 2 aliphatic rings. The first-order valence-corrected chi connectivity index (χ1v) is 10.3. The molecule has 2 aliphatic heterocycles. The molecule has 0 saturated carbocycles. The maximum atomic E-state index is 11.9. The highest BCUT2D eigenvalue weighted by molar-refractivity contribution is 5.88. The molecule has 0 spiro atoms. The lowest BCUT2D eigenvalue weighted by Crippen LogP contribution is -2.56. The van der Waals surface area contributed by atoms with Crippen molar-refractivity contribution >= 4 is 17.5 Å². The number of rotatable bonds is 5. The van der Waals surface area contributed by atoms with Gasteiger partial charge in [0.05, 0.1) is 12.1 Å². The number of hydrogen-bond acceptors (Lipinski definition) is 6. The summed E-state index contributed by atoms with van der Waals surface area (Å²) in [6.45, 7) is 6.86. The van der Waals surface area contributed by atoms with Gasteiger partial charge in [-0.1, -0.05) is 0 Å². The second kappa shape index (κ2) is 10.4. The number of likely N-dealkylation sites (tertiary alicyclic amines) is 1. The third-order valence-corrected chi connectivity index (χ3v) is 4.92. The van der Waals surface area contributed by atoms with E-state index in [1.54, 1.807) is 6.20 Å². The van der Waals surface area contributed by atoms with Crippen molar-refractivity contribution in [2.75, 3.05) is 36.8 Å². The van der Waals surface area contributed by atoms with Crippen LogP contribution in [0.2, 0.25) is 0 Å². The summed E-state index contributed by atoms with van der Waals surface area (Å²) < 4.78 is 35.8. The number of carbonyl (C=O) groups is 1. The summed E-state index contributed by atoms with van der Waals surface area (Å²) in [5, 5.41) is 9.68. The number of nitrogens with zero attached hydrogens (tertiary/aromatic N) is 3. The molecule has 1 amide bonds. The van der Waals surface area contributed by atoms with Crippen LogP contribution < -0.4 is 16.0 Å². The lowest BCUT2D eigenvalue weighted by molar-refractivity contribution is -0.130. The summed E-state index contributed by atoms with van der Waals surface area (Å²) in [7, 11) is 0. The van der Waals surface area contributed by atoms with E-state index in [2.05, 4.69) is 38.9 Å². The van der Waals surface area contributed by atoms with Crippen molar-refractivity contribution in [3.63, 3.8) is 0 Å². The topological polar surface area (TPSA) is 82.2 Å². The van der Waals surface area contributed by atoms with Gasteiger partial charge in [-0.25, -0.2) is 9.97 Å². The predicted molar refractivity (Wildman–Crippen MR) is 117 cm³/mol. The zero-order valence-electron chi connectivity index (χ0n) is 18.0. The Kier molecular flexibility index (Phi) is 7.68. The molecule has 0 aliphatic carbocycles. The minimum atomic E-state index is -4.45. The van der Waals surface area contributed by atoms with Crippen LogP contribution in [0.3, 0.4) is 0 Å². The number of aryl methyl sites for hydroxylation is 2. The summed E-state index contributed by atoms with van der Waals surface area (Å²) in [4.78, 5) is 21.1. The fourth-order valence-corrected chi connectivity index (χ4v) is 3.06. The predicted octanol–water partition coefficient (Wildman–Crippen LogP) is 2.90. The number of allylic oxidation sites excluding steroid dienone is 1. The van der Waals surface area contributed by atoms with E-state index in [0.29, 0.717) is 31.0 Å². The molecule has 7 nitrogen and oxygen atoms in total. The molecule has 4 rings (SSSR count). The van der Waals surface area contributed by atoms with Gasteiger partial charge in [-0.3, -0.25) is 4.79 Å². The van der Waals surface area contributed by atoms with Gasteiger partial charge in [-0.15, -0.1) is 0 Å². The van der Waals surface area contributed by atoms with Gasteiger partial charge in [0.15, 0.2) is 0 Å². The summed E-state index contributed by atoms with van der Waals surface area (Å²) in [6.07, 6.45) is -0.432. The Morgan fingerprint density at radius 1 is 1.03 bits per heavy atom. The fourth-order valence-electron chi connectivity index (χ4n) is 3.06. The van der Waals surface area contributed by atoms with E-state index >= 15 is 0 Å². The Morgan fingerprint density at radius 3 is 2.00 bits per heavy atom. The van der Waals surface area contributed by atoms with Gasteiger partial charge >= 0.3 is 6.18 Å². The minimum absolute atomic E-state index is 0.0209. The van der Waals surface area contributed by atoms with Crippen molar-refractivity contribution in [2.24, 2.45) is 0 Å². The Hall–Kier alpha value is -3.14. The number of pyridine rings is 2. The van der Waals surface area contributed by atoms with Crippen LogP contribution in [0.1, 0.15) is 11.1 Å². The largest absolute Gasteiger partial charge is 0.409 e. The summed E-state index contributed by atoms with van der Waals surface area (Å²) in [5.41, 5.74) is 2.31. The van der Waals surface area contributed by atoms with Gasteiger partial charge in [0.1, 0.15) is 11.6 Å². The van der Waals surface area contributed by atoms with Gasteiger partial charge < -0.3 is 20.9 Å². The molecule has 0 bridgehead atoms. The molecule has 10 heteroatoms. The SMILES string of the molecule is Cc1ccnc(NC2CN(C(=O)/C=C/C(F)(F)F)C2)c1.Cc1ccnc(NC2CNC2)c1. The van der Waals surface area contributed by atoms with E-state index < -0.39 is 12.1 Å². The van der Waals surface area contributed by atoms with Crippen LogP contribution >= 0.6 is 0 Å². The Morgan fingerprint density at radius 2 is 1.56 bits per heavy atom.